The summed E-state index contributed by atoms with van der Waals surface area (Å²) >= 11 is 0. The Morgan fingerprint density at radius 3 is 3.07 bits per heavy atom. The van der Waals surface area contributed by atoms with Gasteiger partial charge in [0, 0.05) is 38.4 Å². The lowest BCUT2D eigenvalue weighted by molar-refractivity contribution is 0.588. The SMILES string of the molecule is CC(C#N)CNCCc1ccnn1C. The van der Waals surface area contributed by atoms with Crippen LogP contribution in [0.3, 0.4) is 0 Å². The van der Waals surface area contributed by atoms with E-state index in [0.29, 0.717) is 0 Å². The second-order valence-electron chi connectivity index (χ2n) is 3.43. The number of nitrogens with one attached hydrogen (secondary N) is 1. The lowest BCUT2D eigenvalue weighted by Crippen LogP contribution is -2.23. The summed E-state index contributed by atoms with van der Waals surface area (Å²) in [6, 6.07) is 4.20. The smallest absolute Gasteiger partial charge is 0.0666 e. The van der Waals surface area contributed by atoms with E-state index >= 15 is 0 Å². The van der Waals surface area contributed by atoms with Gasteiger partial charge in [0.25, 0.3) is 0 Å². The van der Waals surface area contributed by atoms with Gasteiger partial charge in [-0.15, -0.1) is 0 Å². The van der Waals surface area contributed by atoms with Gasteiger partial charge >= 0.3 is 0 Å². The van der Waals surface area contributed by atoms with Crippen LogP contribution in [0.2, 0.25) is 0 Å². The summed E-state index contributed by atoms with van der Waals surface area (Å²) in [6.45, 7) is 3.57. The van der Waals surface area contributed by atoms with Crippen molar-refractivity contribution in [3.63, 3.8) is 0 Å². The molecule has 1 unspecified atom stereocenters. The Kier molecular flexibility index (Phi) is 4.14. The standard InChI is InChI=1S/C10H16N4/c1-9(7-11)8-12-5-3-10-4-6-13-14(10)2/h4,6,9,12H,3,5,8H2,1-2H3. The second kappa shape index (κ2) is 5.40. The van der Waals surface area contributed by atoms with Crippen LogP contribution in [0.15, 0.2) is 12.3 Å². The first-order valence-corrected chi connectivity index (χ1v) is 4.81. The average molecular weight is 192 g/mol. The molecule has 4 heteroatoms. The van der Waals surface area contributed by atoms with E-state index in [0.717, 1.165) is 19.5 Å². The molecule has 0 amide bonds. The van der Waals surface area contributed by atoms with E-state index < -0.39 is 0 Å². The highest BCUT2D eigenvalue weighted by atomic mass is 15.3. The first-order valence-electron chi connectivity index (χ1n) is 4.81. The van der Waals surface area contributed by atoms with Crippen LogP contribution in [0.1, 0.15) is 12.6 Å². The van der Waals surface area contributed by atoms with Crippen LogP contribution < -0.4 is 5.32 Å². The number of hydrogen-bond donors (Lipinski definition) is 1. The molecule has 0 saturated heterocycles. The van der Waals surface area contributed by atoms with E-state index in [2.05, 4.69) is 16.5 Å². The minimum Gasteiger partial charge on any atom is -0.315 e. The third kappa shape index (κ3) is 3.19. The normalized spacial score (nSPS) is 12.4. The molecule has 0 aliphatic carbocycles. The molecule has 0 saturated carbocycles. The van der Waals surface area contributed by atoms with Crippen molar-refractivity contribution in [2.45, 2.75) is 13.3 Å². The first kappa shape index (κ1) is 10.7. The summed E-state index contributed by atoms with van der Waals surface area (Å²) in [7, 11) is 1.94. The zero-order chi connectivity index (χ0) is 10.4. The predicted octanol–water partition coefficient (Wildman–Crippen LogP) is 0.712. The summed E-state index contributed by atoms with van der Waals surface area (Å²) in [6.07, 6.45) is 2.75. The Labute approximate surface area is 84.5 Å². The maximum Gasteiger partial charge on any atom is 0.0666 e. The summed E-state index contributed by atoms with van der Waals surface area (Å²) in [5.41, 5.74) is 1.21. The van der Waals surface area contributed by atoms with Crippen LogP contribution in [0.5, 0.6) is 0 Å². The number of aromatic nitrogens is 2. The highest BCUT2D eigenvalue weighted by molar-refractivity contribution is 5.00. The van der Waals surface area contributed by atoms with Gasteiger partial charge in [-0.2, -0.15) is 10.4 Å². The largest absolute Gasteiger partial charge is 0.315 e. The maximum absolute atomic E-state index is 8.56. The molecular formula is C10H16N4. The fourth-order valence-electron chi connectivity index (χ4n) is 1.23. The summed E-state index contributed by atoms with van der Waals surface area (Å²) in [5, 5.41) is 15.9. The third-order valence-corrected chi connectivity index (χ3v) is 2.15. The van der Waals surface area contributed by atoms with Crippen molar-refractivity contribution in [3.8, 4) is 6.07 Å². The van der Waals surface area contributed by atoms with Crippen molar-refractivity contribution in [2.24, 2.45) is 13.0 Å². The molecule has 1 rings (SSSR count). The van der Waals surface area contributed by atoms with Crippen LogP contribution in [0.25, 0.3) is 0 Å². The quantitative estimate of drug-likeness (QED) is 0.699. The second-order valence-corrected chi connectivity index (χ2v) is 3.43. The molecule has 0 fully saturated rings. The molecule has 1 N–H and O–H groups in total. The summed E-state index contributed by atoms with van der Waals surface area (Å²) in [5.74, 6) is 0.0848. The zero-order valence-electron chi connectivity index (χ0n) is 8.70. The molecule has 4 nitrogen and oxygen atoms in total. The summed E-state index contributed by atoms with van der Waals surface area (Å²) in [4.78, 5) is 0. The van der Waals surface area contributed by atoms with Crippen LogP contribution in [0.4, 0.5) is 0 Å². The molecule has 0 radical (unpaired) electrons. The van der Waals surface area contributed by atoms with Gasteiger partial charge in [0.05, 0.1) is 12.0 Å². The van der Waals surface area contributed by atoms with Gasteiger partial charge in [-0.25, -0.2) is 0 Å². The number of aryl methyl sites for hydroxylation is 1. The van der Waals surface area contributed by atoms with Crippen molar-refractivity contribution < 1.29 is 0 Å². The Morgan fingerprint density at radius 2 is 2.50 bits per heavy atom. The molecule has 1 atom stereocenters. The van der Waals surface area contributed by atoms with Crippen molar-refractivity contribution in [1.82, 2.24) is 15.1 Å². The van der Waals surface area contributed by atoms with Gasteiger partial charge in [-0.1, -0.05) is 0 Å². The van der Waals surface area contributed by atoms with Crippen LogP contribution >= 0.6 is 0 Å². The van der Waals surface area contributed by atoms with Gasteiger partial charge < -0.3 is 5.32 Å². The van der Waals surface area contributed by atoms with Crippen molar-refractivity contribution >= 4 is 0 Å². The lowest BCUT2D eigenvalue weighted by Gasteiger charge is -2.05. The summed E-state index contributed by atoms with van der Waals surface area (Å²) < 4.78 is 1.87. The lowest BCUT2D eigenvalue weighted by atomic mass is 10.2. The predicted molar refractivity (Wildman–Crippen MR) is 54.6 cm³/mol. The minimum absolute atomic E-state index is 0.0848. The molecule has 14 heavy (non-hydrogen) atoms. The van der Waals surface area contributed by atoms with E-state index in [1.807, 2.05) is 24.7 Å². The van der Waals surface area contributed by atoms with Crippen molar-refractivity contribution in [3.05, 3.63) is 18.0 Å². The number of nitriles is 1. The molecule has 0 aliphatic rings. The van der Waals surface area contributed by atoms with Crippen LogP contribution in [-0.4, -0.2) is 22.9 Å². The Hall–Kier alpha value is -1.34. The monoisotopic (exact) mass is 192 g/mol. The van der Waals surface area contributed by atoms with Gasteiger partial charge in [-0.3, -0.25) is 4.68 Å². The number of rotatable bonds is 5. The first-order chi connectivity index (χ1) is 6.74. The number of nitrogens with zero attached hydrogens (tertiary/aromatic N) is 3. The molecule has 0 spiro atoms. The molecule has 0 aromatic carbocycles. The molecule has 1 aromatic rings. The zero-order valence-corrected chi connectivity index (χ0v) is 8.70. The molecule has 76 valence electrons. The van der Waals surface area contributed by atoms with Gasteiger partial charge in [0.1, 0.15) is 0 Å². The number of hydrogen-bond acceptors (Lipinski definition) is 3. The van der Waals surface area contributed by atoms with Gasteiger partial charge in [0.2, 0.25) is 0 Å². The molecule has 0 bridgehead atoms. The molecule has 1 aromatic heterocycles. The van der Waals surface area contributed by atoms with Crippen molar-refractivity contribution in [2.75, 3.05) is 13.1 Å². The topological polar surface area (TPSA) is 53.6 Å². The van der Waals surface area contributed by atoms with E-state index in [9.17, 15) is 0 Å². The highest BCUT2D eigenvalue weighted by Crippen LogP contribution is 1.96. The van der Waals surface area contributed by atoms with Gasteiger partial charge in [-0.05, 0) is 13.0 Å². The molecule has 0 aliphatic heterocycles. The Morgan fingerprint density at radius 1 is 1.71 bits per heavy atom. The Balaban J connectivity index is 2.17. The van der Waals surface area contributed by atoms with E-state index in [1.54, 1.807) is 6.20 Å². The molecular weight excluding hydrogens is 176 g/mol. The Bertz CT molecular complexity index is 310. The highest BCUT2D eigenvalue weighted by Gasteiger charge is 2.00. The molecule has 1 heterocycles. The van der Waals surface area contributed by atoms with Crippen LogP contribution in [0, 0.1) is 17.2 Å². The van der Waals surface area contributed by atoms with Gasteiger partial charge in [0.15, 0.2) is 0 Å². The third-order valence-electron chi connectivity index (χ3n) is 2.15. The fraction of sp³-hybridized carbons (Fsp3) is 0.600. The minimum atomic E-state index is 0.0848. The van der Waals surface area contributed by atoms with Crippen LogP contribution in [-0.2, 0) is 13.5 Å². The fourth-order valence-corrected chi connectivity index (χ4v) is 1.23. The van der Waals surface area contributed by atoms with E-state index in [-0.39, 0.29) is 5.92 Å². The van der Waals surface area contributed by atoms with E-state index in [1.165, 1.54) is 5.69 Å². The maximum atomic E-state index is 8.56. The van der Waals surface area contributed by atoms with Crippen molar-refractivity contribution in [1.29, 1.82) is 5.26 Å². The van der Waals surface area contributed by atoms with E-state index in [4.69, 9.17) is 5.26 Å². The average Bonchev–Trinajstić information content (AvgIpc) is 2.58.